The largest absolute Gasteiger partial charge is 0.331 e. The van der Waals surface area contributed by atoms with Crippen molar-refractivity contribution < 1.29 is 0 Å². The summed E-state index contributed by atoms with van der Waals surface area (Å²) in [5.41, 5.74) is 2.17. The van der Waals surface area contributed by atoms with Crippen LogP contribution in [0.2, 0.25) is 0 Å². The summed E-state index contributed by atoms with van der Waals surface area (Å²) in [7, 11) is 2.09. The van der Waals surface area contributed by atoms with Crippen molar-refractivity contribution in [3.8, 4) is 0 Å². The van der Waals surface area contributed by atoms with Crippen LogP contribution in [-0.2, 0) is 7.05 Å². The Hall–Kier alpha value is -1.42. The highest BCUT2D eigenvalue weighted by molar-refractivity contribution is 5.74. The molecule has 1 atom stereocenters. The van der Waals surface area contributed by atoms with Crippen LogP contribution < -0.4 is 5.32 Å². The Morgan fingerprint density at radius 3 is 2.94 bits per heavy atom. The summed E-state index contributed by atoms with van der Waals surface area (Å²) in [5.74, 6) is 2.41. The smallest absolute Gasteiger partial charge is 0.112 e. The van der Waals surface area contributed by atoms with Gasteiger partial charge in [0, 0.05) is 19.2 Å². The molecular weight excluding hydrogens is 200 g/mol. The number of pyridine rings is 1. The van der Waals surface area contributed by atoms with Crippen molar-refractivity contribution in [3.63, 3.8) is 0 Å². The van der Waals surface area contributed by atoms with Gasteiger partial charge in [-0.25, -0.2) is 4.98 Å². The van der Waals surface area contributed by atoms with Crippen molar-refractivity contribution in [1.29, 1.82) is 0 Å². The number of nitrogens with zero attached hydrogens (tertiary/aromatic N) is 3. The zero-order valence-corrected chi connectivity index (χ0v) is 9.64. The van der Waals surface area contributed by atoms with E-state index in [4.69, 9.17) is 0 Å². The number of aromatic nitrogens is 3. The highest BCUT2D eigenvalue weighted by atomic mass is 15.1. The first-order chi connectivity index (χ1) is 7.77. The number of hydrogen-bond acceptors (Lipinski definition) is 3. The first kappa shape index (κ1) is 9.78. The molecule has 0 spiro atoms. The quantitative estimate of drug-likeness (QED) is 0.822. The summed E-state index contributed by atoms with van der Waals surface area (Å²) < 4.78 is 2.19. The third kappa shape index (κ3) is 1.33. The van der Waals surface area contributed by atoms with Gasteiger partial charge in [-0.15, -0.1) is 0 Å². The van der Waals surface area contributed by atoms with Gasteiger partial charge in [0.1, 0.15) is 11.3 Å². The van der Waals surface area contributed by atoms with Crippen LogP contribution in [0.15, 0.2) is 18.5 Å². The molecule has 3 rings (SSSR count). The zero-order chi connectivity index (χ0) is 11.1. The lowest BCUT2D eigenvalue weighted by atomic mass is 9.88. The van der Waals surface area contributed by atoms with Gasteiger partial charge in [-0.3, -0.25) is 4.98 Å². The summed E-state index contributed by atoms with van der Waals surface area (Å²) in [6.45, 7) is 4.49. The first-order valence-electron chi connectivity index (χ1n) is 5.74. The summed E-state index contributed by atoms with van der Waals surface area (Å²) in [6.07, 6.45) is 3.66. The van der Waals surface area contributed by atoms with E-state index in [1.54, 1.807) is 0 Å². The Labute approximate surface area is 94.7 Å². The van der Waals surface area contributed by atoms with Gasteiger partial charge in [0.05, 0.1) is 11.7 Å². The number of nitrogens with one attached hydrogen (secondary N) is 1. The first-order valence-corrected chi connectivity index (χ1v) is 5.74. The summed E-state index contributed by atoms with van der Waals surface area (Å²) in [6, 6.07) is 2.03. The van der Waals surface area contributed by atoms with Crippen LogP contribution >= 0.6 is 0 Å². The predicted octanol–water partition coefficient (Wildman–Crippen LogP) is 1.29. The van der Waals surface area contributed by atoms with E-state index in [1.165, 1.54) is 11.3 Å². The van der Waals surface area contributed by atoms with Crippen LogP contribution in [0.25, 0.3) is 11.0 Å². The molecule has 0 saturated carbocycles. The maximum Gasteiger partial charge on any atom is 0.112 e. The van der Waals surface area contributed by atoms with Gasteiger partial charge in [-0.2, -0.15) is 0 Å². The molecule has 0 amide bonds. The second-order valence-electron chi connectivity index (χ2n) is 4.60. The summed E-state index contributed by atoms with van der Waals surface area (Å²) >= 11 is 0. The molecule has 16 heavy (non-hydrogen) atoms. The molecule has 1 aliphatic rings. The standard InChI is InChI=1S/C12H16N4/c1-8(9-5-14-6-9)12-15-10-7-13-4-3-11(10)16(12)2/h3-4,7-9,14H,5-6H2,1-2H3. The number of imidazole rings is 1. The van der Waals surface area contributed by atoms with Crippen molar-refractivity contribution >= 4 is 11.0 Å². The molecule has 0 bridgehead atoms. The molecule has 84 valence electrons. The minimum Gasteiger partial charge on any atom is -0.331 e. The molecule has 0 aliphatic carbocycles. The lowest BCUT2D eigenvalue weighted by Crippen LogP contribution is -2.45. The monoisotopic (exact) mass is 216 g/mol. The zero-order valence-electron chi connectivity index (χ0n) is 9.64. The van der Waals surface area contributed by atoms with Crippen molar-refractivity contribution in [3.05, 3.63) is 24.3 Å². The van der Waals surface area contributed by atoms with Crippen LogP contribution in [0, 0.1) is 5.92 Å². The molecule has 4 heteroatoms. The van der Waals surface area contributed by atoms with Gasteiger partial charge < -0.3 is 9.88 Å². The number of fused-ring (bicyclic) bond motifs is 1. The topological polar surface area (TPSA) is 42.7 Å². The molecule has 1 unspecified atom stereocenters. The summed E-state index contributed by atoms with van der Waals surface area (Å²) in [4.78, 5) is 8.81. The number of aryl methyl sites for hydroxylation is 1. The normalized spacial score (nSPS) is 18.6. The van der Waals surface area contributed by atoms with Gasteiger partial charge in [0.15, 0.2) is 0 Å². The predicted molar refractivity (Wildman–Crippen MR) is 63.3 cm³/mol. The Bertz CT molecular complexity index is 513. The van der Waals surface area contributed by atoms with Crippen molar-refractivity contribution in [1.82, 2.24) is 19.9 Å². The third-order valence-electron chi connectivity index (χ3n) is 3.65. The van der Waals surface area contributed by atoms with Gasteiger partial charge in [-0.05, 0) is 25.1 Å². The lowest BCUT2D eigenvalue weighted by Gasteiger charge is -2.32. The van der Waals surface area contributed by atoms with Crippen molar-refractivity contribution in [2.75, 3.05) is 13.1 Å². The molecule has 0 aromatic carbocycles. The fourth-order valence-electron chi connectivity index (χ4n) is 2.35. The van der Waals surface area contributed by atoms with E-state index in [9.17, 15) is 0 Å². The van der Waals surface area contributed by atoms with E-state index in [0.29, 0.717) is 5.92 Å². The van der Waals surface area contributed by atoms with E-state index in [0.717, 1.165) is 24.5 Å². The molecular formula is C12H16N4. The highest BCUT2D eigenvalue weighted by Gasteiger charge is 2.27. The van der Waals surface area contributed by atoms with E-state index in [-0.39, 0.29) is 0 Å². The molecule has 2 aromatic rings. The SMILES string of the molecule is CC(c1nc2cnccc2n1C)C1CNC1. The maximum absolute atomic E-state index is 4.69. The highest BCUT2D eigenvalue weighted by Crippen LogP contribution is 2.28. The average Bonchev–Trinajstić information content (AvgIpc) is 2.54. The van der Waals surface area contributed by atoms with E-state index < -0.39 is 0 Å². The van der Waals surface area contributed by atoms with E-state index in [2.05, 4.69) is 33.8 Å². The second kappa shape index (κ2) is 3.56. The molecule has 4 nitrogen and oxygen atoms in total. The van der Waals surface area contributed by atoms with Crippen LogP contribution in [0.4, 0.5) is 0 Å². The van der Waals surface area contributed by atoms with Gasteiger partial charge in [0.2, 0.25) is 0 Å². The van der Waals surface area contributed by atoms with Gasteiger partial charge in [-0.1, -0.05) is 6.92 Å². The average molecular weight is 216 g/mol. The van der Waals surface area contributed by atoms with Crippen LogP contribution in [0.3, 0.4) is 0 Å². The maximum atomic E-state index is 4.69. The number of hydrogen-bond donors (Lipinski definition) is 1. The molecule has 2 aromatic heterocycles. The minimum atomic E-state index is 0.513. The Morgan fingerprint density at radius 1 is 1.50 bits per heavy atom. The van der Waals surface area contributed by atoms with Crippen LogP contribution in [0.5, 0.6) is 0 Å². The van der Waals surface area contributed by atoms with Gasteiger partial charge in [0.25, 0.3) is 0 Å². The van der Waals surface area contributed by atoms with Crippen molar-refractivity contribution in [2.45, 2.75) is 12.8 Å². The number of rotatable bonds is 2. The molecule has 1 fully saturated rings. The van der Waals surface area contributed by atoms with Crippen LogP contribution in [-0.4, -0.2) is 27.6 Å². The molecule has 1 aliphatic heterocycles. The van der Waals surface area contributed by atoms with E-state index in [1.807, 2.05) is 18.5 Å². The Balaban J connectivity index is 2.05. The fraction of sp³-hybridized carbons (Fsp3) is 0.500. The molecule has 1 saturated heterocycles. The third-order valence-corrected chi connectivity index (χ3v) is 3.65. The van der Waals surface area contributed by atoms with Crippen LogP contribution in [0.1, 0.15) is 18.7 Å². The van der Waals surface area contributed by atoms with Gasteiger partial charge >= 0.3 is 0 Å². The van der Waals surface area contributed by atoms with E-state index >= 15 is 0 Å². The molecule has 1 N–H and O–H groups in total. The Morgan fingerprint density at radius 2 is 2.31 bits per heavy atom. The molecule has 0 radical (unpaired) electrons. The fourth-order valence-corrected chi connectivity index (χ4v) is 2.35. The second-order valence-corrected chi connectivity index (χ2v) is 4.60. The summed E-state index contributed by atoms with van der Waals surface area (Å²) in [5, 5.41) is 3.32. The Kier molecular flexibility index (Phi) is 2.17. The lowest BCUT2D eigenvalue weighted by molar-refractivity contribution is 0.293. The minimum absolute atomic E-state index is 0.513. The van der Waals surface area contributed by atoms with Crippen molar-refractivity contribution in [2.24, 2.45) is 13.0 Å². The molecule has 3 heterocycles.